The average Bonchev–Trinajstić information content (AvgIpc) is 2.62. The van der Waals surface area contributed by atoms with Gasteiger partial charge in [-0.15, -0.1) is 0 Å². The molecule has 6 nitrogen and oxygen atoms in total. The van der Waals surface area contributed by atoms with E-state index in [2.05, 4.69) is 15.3 Å². The van der Waals surface area contributed by atoms with E-state index >= 15 is 0 Å². The Morgan fingerprint density at radius 3 is 2.93 bits per heavy atom. The number of H-pyrrole nitrogens is 1. The molecule has 0 aliphatic carbocycles. The quantitative estimate of drug-likeness (QED) is 0.664. The number of nitrogens with two attached hydrogens (primary N) is 1. The lowest BCUT2D eigenvalue weighted by Crippen LogP contribution is -2.18. The second kappa shape index (κ2) is 5.14. The van der Waals surface area contributed by atoms with Crippen molar-refractivity contribution in [2.24, 2.45) is 5.73 Å². The van der Waals surface area contributed by atoms with E-state index in [1.54, 1.807) is 0 Å². The molecule has 0 spiro atoms. The molecule has 0 radical (unpaired) electrons. The van der Waals surface area contributed by atoms with Crippen LogP contribution in [0.5, 0.6) is 0 Å². The fourth-order valence-electron chi connectivity index (χ4n) is 1.11. The highest BCUT2D eigenvalue weighted by molar-refractivity contribution is 6.00. The number of nitrogens with zero attached hydrogens (tertiary/aromatic N) is 1. The minimum atomic E-state index is -0.640. The first-order chi connectivity index (χ1) is 7.15. The van der Waals surface area contributed by atoms with Gasteiger partial charge in [-0.2, -0.15) is 0 Å². The molecule has 1 heterocycles. The SMILES string of the molecule is CCCCC(=O)Nc1nc[nH]c1C(N)=O. The molecule has 0 unspecified atom stereocenters. The standard InChI is InChI=1S/C9H14N4O2/c1-2-3-4-6(14)13-9-7(8(10)15)11-5-12-9/h5H,2-4H2,1H3,(H2,10,15)(H,11,12)(H,13,14). The number of nitrogens with one attached hydrogen (secondary N) is 2. The fraction of sp³-hybridized carbons (Fsp3) is 0.444. The molecule has 0 atom stereocenters. The third-order valence-electron chi connectivity index (χ3n) is 1.90. The maximum atomic E-state index is 11.3. The summed E-state index contributed by atoms with van der Waals surface area (Å²) < 4.78 is 0. The van der Waals surface area contributed by atoms with Gasteiger partial charge in [0.05, 0.1) is 6.33 Å². The van der Waals surface area contributed by atoms with E-state index in [1.807, 2.05) is 6.92 Å². The van der Waals surface area contributed by atoms with E-state index in [0.717, 1.165) is 12.8 Å². The van der Waals surface area contributed by atoms with Gasteiger partial charge in [0.1, 0.15) is 5.69 Å². The number of amides is 2. The molecule has 1 aromatic rings. The van der Waals surface area contributed by atoms with Crippen molar-refractivity contribution in [1.29, 1.82) is 0 Å². The van der Waals surface area contributed by atoms with Crippen LogP contribution in [0.3, 0.4) is 0 Å². The largest absolute Gasteiger partial charge is 0.364 e. The fourth-order valence-corrected chi connectivity index (χ4v) is 1.11. The Kier molecular flexibility index (Phi) is 3.84. The van der Waals surface area contributed by atoms with E-state index in [1.165, 1.54) is 6.33 Å². The molecule has 15 heavy (non-hydrogen) atoms. The second-order valence-electron chi connectivity index (χ2n) is 3.14. The number of rotatable bonds is 5. The van der Waals surface area contributed by atoms with Crippen molar-refractivity contribution >= 4 is 17.6 Å². The molecule has 82 valence electrons. The normalized spacial score (nSPS) is 9.93. The van der Waals surface area contributed by atoms with Crippen molar-refractivity contribution in [1.82, 2.24) is 9.97 Å². The maximum Gasteiger partial charge on any atom is 0.269 e. The summed E-state index contributed by atoms with van der Waals surface area (Å²) in [7, 11) is 0. The average molecular weight is 210 g/mol. The number of primary amides is 1. The molecule has 4 N–H and O–H groups in total. The van der Waals surface area contributed by atoms with Crippen molar-refractivity contribution in [2.45, 2.75) is 26.2 Å². The van der Waals surface area contributed by atoms with Crippen molar-refractivity contribution in [3.8, 4) is 0 Å². The number of hydrogen-bond donors (Lipinski definition) is 3. The van der Waals surface area contributed by atoms with Crippen LogP contribution < -0.4 is 11.1 Å². The molecule has 0 saturated heterocycles. The van der Waals surface area contributed by atoms with E-state index in [9.17, 15) is 9.59 Å². The maximum absolute atomic E-state index is 11.3. The minimum absolute atomic E-state index is 0.125. The number of anilines is 1. The molecule has 0 fully saturated rings. The van der Waals surface area contributed by atoms with Crippen LogP contribution in [0.4, 0.5) is 5.82 Å². The molecule has 0 aromatic carbocycles. The molecule has 2 amide bonds. The summed E-state index contributed by atoms with van der Waals surface area (Å²) in [5.74, 6) is -0.603. The predicted octanol–water partition coefficient (Wildman–Crippen LogP) is 0.637. The highest BCUT2D eigenvalue weighted by Crippen LogP contribution is 2.09. The van der Waals surface area contributed by atoms with Gasteiger partial charge in [-0.1, -0.05) is 13.3 Å². The Bertz CT molecular complexity index is 359. The van der Waals surface area contributed by atoms with Gasteiger partial charge in [-0.25, -0.2) is 4.98 Å². The van der Waals surface area contributed by atoms with Crippen molar-refractivity contribution in [2.75, 3.05) is 5.32 Å². The van der Waals surface area contributed by atoms with Crippen LogP contribution in [0.25, 0.3) is 0 Å². The molecule has 0 aliphatic heterocycles. The molecule has 0 aliphatic rings. The Hall–Kier alpha value is -1.85. The number of carbonyl (C=O) groups excluding carboxylic acids is 2. The van der Waals surface area contributed by atoms with Gasteiger partial charge < -0.3 is 16.0 Å². The molecule has 1 aromatic heterocycles. The number of hydrogen-bond acceptors (Lipinski definition) is 3. The Balaban J connectivity index is 2.60. The van der Waals surface area contributed by atoms with Gasteiger partial charge in [0.2, 0.25) is 5.91 Å². The van der Waals surface area contributed by atoms with Crippen LogP contribution in [0.2, 0.25) is 0 Å². The third kappa shape index (κ3) is 3.08. The summed E-state index contributed by atoms with van der Waals surface area (Å²) in [5, 5.41) is 2.52. The summed E-state index contributed by atoms with van der Waals surface area (Å²) in [6, 6.07) is 0. The first-order valence-electron chi connectivity index (χ1n) is 4.78. The summed E-state index contributed by atoms with van der Waals surface area (Å²) >= 11 is 0. The van der Waals surface area contributed by atoms with Crippen LogP contribution in [0.1, 0.15) is 36.7 Å². The lowest BCUT2D eigenvalue weighted by Gasteiger charge is -2.02. The van der Waals surface area contributed by atoms with E-state index < -0.39 is 5.91 Å². The van der Waals surface area contributed by atoms with E-state index in [4.69, 9.17) is 5.73 Å². The number of aromatic nitrogens is 2. The molecular weight excluding hydrogens is 196 g/mol. The minimum Gasteiger partial charge on any atom is -0.364 e. The number of aromatic amines is 1. The Morgan fingerprint density at radius 2 is 2.33 bits per heavy atom. The Labute approximate surface area is 87.3 Å². The smallest absolute Gasteiger partial charge is 0.269 e. The number of carbonyl (C=O) groups is 2. The van der Waals surface area contributed by atoms with Crippen molar-refractivity contribution in [3.63, 3.8) is 0 Å². The Morgan fingerprint density at radius 1 is 1.60 bits per heavy atom. The summed E-state index contributed by atoms with van der Waals surface area (Å²) in [5.41, 5.74) is 5.20. The summed E-state index contributed by atoms with van der Waals surface area (Å²) in [4.78, 5) is 28.6. The van der Waals surface area contributed by atoms with Gasteiger partial charge in [0, 0.05) is 6.42 Å². The molecule has 1 rings (SSSR count). The number of imidazole rings is 1. The lowest BCUT2D eigenvalue weighted by molar-refractivity contribution is -0.116. The van der Waals surface area contributed by atoms with Gasteiger partial charge in [0.15, 0.2) is 5.82 Å². The lowest BCUT2D eigenvalue weighted by atomic mass is 10.2. The highest BCUT2D eigenvalue weighted by Gasteiger charge is 2.12. The van der Waals surface area contributed by atoms with Gasteiger partial charge >= 0.3 is 0 Å². The topological polar surface area (TPSA) is 101 Å². The van der Waals surface area contributed by atoms with Gasteiger partial charge in [-0.05, 0) is 6.42 Å². The van der Waals surface area contributed by atoms with E-state index in [-0.39, 0.29) is 17.4 Å². The molecule has 0 saturated carbocycles. The van der Waals surface area contributed by atoms with Gasteiger partial charge in [0.25, 0.3) is 5.91 Å². The van der Waals surface area contributed by atoms with Crippen molar-refractivity contribution in [3.05, 3.63) is 12.0 Å². The van der Waals surface area contributed by atoms with Crippen LogP contribution in [-0.4, -0.2) is 21.8 Å². The monoisotopic (exact) mass is 210 g/mol. The first-order valence-corrected chi connectivity index (χ1v) is 4.78. The predicted molar refractivity (Wildman–Crippen MR) is 55.3 cm³/mol. The second-order valence-corrected chi connectivity index (χ2v) is 3.14. The highest BCUT2D eigenvalue weighted by atomic mass is 16.2. The summed E-state index contributed by atoms with van der Waals surface area (Å²) in [6.45, 7) is 2.00. The van der Waals surface area contributed by atoms with Crippen LogP contribution >= 0.6 is 0 Å². The third-order valence-corrected chi connectivity index (χ3v) is 1.90. The molecular formula is C9H14N4O2. The van der Waals surface area contributed by atoms with Crippen LogP contribution in [-0.2, 0) is 4.79 Å². The van der Waals surface area contributed by atoms with Crippen molar-refractivity contribution < 1.29 is 9.59 Å². The summed E-state index contributed by atoms with van der Waals surface area (Å²) in [6.07, 6.45) is 3.48. The molecule has 6 heteroatoms. The first kappa shape index (κ1) is 11.2. The van der Waals surface area contributed by atoms with Gasteiger partial charge in [-0.3, -0.25) is 9.59 Å². The number of unbranched alkanes of at least 4 members (excludes halogenated alkanes) is 1. The van der Waals surface area contributed by atoms with Crippen LogP contribution in [0.15, 0.2) is 6.33 Å². The zero-order valence-corrected chi connectivity index (χ0v) is 8.54. The van der Waals surface area contributed by atoms with E-state index in [0.29, 0.717) is 6.42 Å². The zero-order chi connectivity index (χ0) is 11.3. The van der Waals surface area contributed by atoms with Crippen LogP contribution in [0, 0.1) is 0 Å². The molecule has 0 bridgehead atoms. The zero-order valence-electron chi connectivity index (χ0n) is 8.54.